The van der Waals surface area contributed by atoms with Gasteiger partial charge < -0.3 is 9.57 Å². The standard InChI is InChI=1S/C23H18Cl3NO3/c24-19-6-1-16(2-7-19)14-30-27-12-11-23(28)17-4-9-21(10-5-17)29-15-18-3-8-20(25)13-22(18)26/h1-10,12-13H,11,14-15H2/b27-12-. The second-order valence-corrected chi connectivity index (χ2v) is 7.64. The topological polar surface area (TPSA) is 47.9 Å². The van der Waals surface area contributed by atoms with Crippen molar-refractivity contribution in [3.8, 4) is 5.75 Å². The molecule has 154 valence electrons. The SMILES string of the molecule is O=C(C/C=N\OCc1ccc(Cl)cc1)c1ccc(OCc2ccc(Cl)cc2Cl)cc1. The molecule has 0 amide bonds. The lowest BCUT2D eigenvalue weighted by atomic mass is 10.1. The molecule has 3 aromatic rings. The van der Waals surface area contributed by atoms with Gasteiger partial charge in [-0.1, -0.05) is 58.2 Å². The monoisotopic (exact) mass is 461 g/mol. The maximum Gasteiger partial charge on any atom is 0.168 e. The first kappa shape index (κ1) is 22.2. The van der Waals surface area contributed by atoms with E-state index >= 15 is 0 Å². The van der Waals surface area contributed by atoms with E-state index in [-0.39, 0.29) is 12.2 Å². The highest BCUT2D eigenvalue weighted by Gasteiger charge is 2.06. The second-order valence-electron chi connectivity index (χ2n) is 6.36. The van der Waals surface area contributed by atoms with Gasteiger partial charge in [-0.2, -0.15) is 0 Å². The zero-order valence-corrected chi connectivity index (χ0v) is 18.1. The van der Waals surface area contributed by atoms with Gasteiger partial charge in [-0.15, -0.1) is 0 Å². The van der Waals surface area contributed by atoms with E-state index in [0.717, 1.165) is 11.1 Å². The van der Waals surface area contributed by atoms with Crippen LogP contribution in [0.2, 0.25) is 15.1 Å². The normalized spacial score (nSPS) is 10.9. The van der Waals surface area contributed by atoms with E-state index < -0.39 is 0 Å². The number of ketones is 1. The number of benzene rings is 3. The fraction of sp³-hybridized carbons (Fsp3) is 0.130. The van der Waals surface area contributed by atoms with Crippen LogP contribution >= 0.6 is 34.8 Å². The maximum absolute atomic E-state index is 12.3. The van der Waals surface area contributed by atoms with Crippen molar-refractivity contribution in [3.05, 3.63) is 98.5 Å². The second kappa shape index (κ2) is 11.0. The molecule has 0 N–H and O–H groups in total. The largest absolute Gasteiger partial charge is 0.489 e. The molecule has 0 saturated carbocycles. The minimum absolute atomic E-state index is 0.0684. The molecule has 3 rings (SSSR count). The van der Waals surface area contributed by atoms with Crippen LogP contribution in [0.4, 0.5) is 0 Å². The van der Waals surface area contributed by atoms with Crippen LogP contribution in [0.15, 0.2) is 71.9 Å². The van der Waals surface area contributed by atoms with Gasteiger partial charge in [0.2, 0.25) is 0 Å². The molecule has 0 aromatic heterocycles. The van der Waals surface area contributed by atoms with Crippen LogP contribution < -0.4 is 4.74 Å². The lowest BCUT2D eigenvalue weighted by molar-refractivity contribution is 0.0996. The van der Waals surface area contributed by atoms with Crippen LogP contribution in [0.1, 0.15) is 27.9 Å². The zero-order valence-electron chi connectivity index (χ0n) is 15.9. The van der Waals surface area contributed by atoms with Crippen molar-refractivity contribution in [2.75, 3.05) is 0 Å². The van der Waals surface area contributed by atoms with Crippen LogP contribution in [0.25, 0.3) is 0 Å². The van der Waals surface area contributed by atoms with Crippen LogP contribution in [-0.2, 0) is 18.1 Å². The van der Waals surface area contributed by atoms with E-state index in [1.165, 1.54) is 6.21 Å². The van der Waals surface area contributed by atoms with Gasteiger partial charge in [0.05, 0.1) is 6.21 Å². The molecule has 4 nitrogen and oxygen atoms in total. The first-order valence-electron chi connectivity index (χ1n) is 9.09. The van der Waals surface area contributed by atoms with Gasteiger partial charge in [0.25, 0.3) is 0 Å². The van der Waals surface area contributed by atoms with Crippen molar-refractivity contribution < 1.29 is 14.4 Å². The van der Waals surface area contributed by atoms with E-state index in [2.05, 4.69) is 5.16 Å². The number of hydrogen-bond acceptors (Lipinski definition) is 4. The highest BCUT2D eigenvalue weighted by atomic mass is 35.5. The van der Waals surface area contributed by atoms with E-state index in [1.807, 2.05) is 18.2 Å². The van der Waals surface area contributed by atoms with Gasteiger partial charge >= 0.3 is 0 Å². The van der Waals surface area contributed by atoms with Crippen LogP contribution in [0.5, 0.6) is 5.75 Å². The number of hydrogen-bond donors (Lipinski definition) is 0. The molecule has 0 spiro atoms. The Kier molecular flexibility index (Phi) is 8.14. The van der Waals surface area contributed by atoms with Gasteiger partial charge in [-0.05, 0) is 54.1 Å². The molecular weight excluding hydrogens is 445 g/mol. The quantitative estimate of drug-likeness (QED) is 0.195. The summed E-state index contributed by atoms with van der Waals surface area (Å²) in [5, 5.41) is 5.61. The van der Waals surface area contributed by atoms with Crippen molar-refractivity contribution in [2.24, 2.45) is 5.16 Å². The average Bonchev–Trinajstić information content (AvgIpc) is 2.74. The fourth-order valence-electron chi connectivity index (χ4n) is 2.52. The zero-order chi connectivity index (χ0) is 21.3. The third kappa shape index (κ3) is 6.77. The van der Waals surface area contributed by atoms with Crippen molar-refractivity contribution in [3.63, 3.8) is 0 Å². The molecule has 7 heteroatoms. The lowest BCUT2D eigenvalue weighted by Crippen LogP contribution is -2.01. The fourth-order valence-corrected chi connectivity index (χ4v) is 3.11. The van der Waals surface area contributed by atoms with Gasteiger partial charge in [0, 0.05) is 32.6 Å². The molecule has 0 saturated heterocycles. The highest BCUT2D eigenvalue weighted by molar-refractivity contribution is 6.35. The number of carbonyl (C=O) groups excluding carboxylic acids is 1. The van der Waals surface area contributed by atoms with Gasteiger partial charge in [0.1, 0.15) is 19.0 Å². The third-order valence-electron chi connectivity index (χ3n) is 4.16. The maximum atomic E-state index is 12.3. The van der Waals surface area contributed by atoms with Gasteiger partial charge in [0.15, 0.2) is 5.78 Å². The summed E-state index contributed by atoms with van der Waals surface area (Å²) < 4.78 is 5.72. The molecular formula is C23H18Cl3NO3. The van der Waals surface area contributed by atoms with Crippen LogP contribution in [0.3, 0.4) is 0 Å². The Bertz CT molecular complexity index is 1020. The van der Waals surface area contributed by atoms with E-state index in [1.54, 1.807) is 48.5 Å². The first-order chi connectivity index (χ1) is 14.5. The summed E-state index contributed by atoms with van der Waals surface area (Å²) in [4.78, 5) is 17.4. The van der Waals surface area contributed by atoms with Crippen molar-refractivity contribution in [1.82, 2.24) is 0 Å². The summed E-state index contributed by atoms with van der Waals surface area (Å²) in [6.07, 6.45) is 1.59. The Balaban J connectivity index is 1.44. The molecule has 0 fully saturated rings. The number of Topliss-reactive ketones (excluding diaryl/α,β-unsaturated/α-hetero) is 1. The Morgan fingerprint density at radius 3 is 2.27 bits per heavy atom. The summed E-state index contributed by atoms with van der Waals surface area (Å²) >= 11 is 17.9. The molecule has 0 radical (unpaired) electrons. The predicted molar refractivity (Wildman–Crippen MR) is 121 cm³/mol. The molecule has 0 atom stereocenters. The Hall–Kier alpha value is -2.53. The number of rotatable bonds is 9. The molecule has 3 aromatic carbocycles. The van der Waals surface area contributed by atoms with Gasteiger partial charge in [-0.25, -0.2) is 0 Å². The number of carbonyl (C=O) groups is 1. The summed E-state index contributed by atoms with van der Waals surface area (Å²) in [6, 6.07) is 19.4. The molecule has 0 aliphatic carbocycles. The number of nitrogens with zero attached hydrogens (tertiary/aromatic N) is 1. The minimum atomic E-state index is -0.0684. The Morgan fingerprint density at radius 1 is 0.867 bits per heavy atom. The van der Waals surface area contributed by atoms with Crippen LogP contribution in [-0.4, -0.2) is 12.0 Å². The molecule has 0 aliphatic rings. The predicted octanol–water partition coefficient (Wildman–Crippen LogP) is 7.00. The average molecular weight is 463 g/mol. The Labute approximate surface area is 190 Å². The highest BCUT2D eigenvalue weighted by Crippen LogP contribution is 2.23. The lowest BCUT2D eigenvalue weighted by Gasteiger charge is -2.08. The summed E-state index contributed by atoms with van der Waals surface area (Å²) in [5.74, 6) is 0.568. The smallest absolute Gasteiger partial charge is 0.168 e. The molecule has 0 aliphatic heterocycles. The molecule has 30 heavy (non-hydrogen) atoms. The van der Waals surface area contributed by atoms with Crippen molar-refractivity contribution in [1.29, 1.82) is 0 Å². The molecule has 0 heterocycles. The van der Waals surface area contributed by atoms with Gasteiger partial charge in [-0.3, -0.25) is 4.79 Å². The first-order valence-corrected chi connectivity index (χ1v) is 10.2. The van der Waals surface area contributed by atoms with Crippen LogP contribution in [0, 0.1) is 0 Å². The number of ether oxygens (including phenoxy) is 1. The van der Waals surface area contributed by atoms with E-state index in [9.17, 15) is 4.79 Å². The summed E-state index contributed by atoms with van der Waals surface area (Å²) in [6.45, 7) is 0.618. The number of halogens is 3. The molecule has 0 bridgehead atoms. The third-order valence-corrected chi connectivity index (χ3v) is 4.99. The summed E-state index contributed by atoms with van der Waals surface area (Å²) in [7, 11) is 0. The van der Waals surface area contributed by atoms with E-state index in [0.29, 0.717) is 39.6 Å². The van der Waals surface area contributed by atoms with Crippen molar-refractivity contribution in [2.45, 2.75) is 19.6 Å². The Morgan fingerprint density at radius 2 is 1.57 bits per heavy atom. The molecule has 0 unspecified atom stereocenters. The summed E-state index contributed by atoms with van der Waals surface area (Å²) in [5.41, 5.74) is 2.34. The number of oxime groups is 1. The minimum Gasteiger partial charge on any atom is -0.489 e. The van der Waals surface area contributed by atoms with E-state index in [4.69, 9.17) is 44.4 Å². The van der Waals surface area contributed by atoms with Crippen molar-refractivity contribution >= 4 is 46.8 Å².